The molecule has 1 aliphatic heterocycles. The minimum absolute atomic E-state index is 0.0748. The summed E-state index contributed by atoms with van der Waals surface area (Å²) in [6.07, 6.45) is 0.431. The van der Waals surface area contributed by atoms with Gasteiger partial charge in [-0.2, -0.15) is 0 Å². The van der Waals surface area contributed by atoms with Crippen LogP contribution in [0.1, 0.15) is 20.8 Å². The van der Waals surface area contributed by atoms with Gasteiger partial charge in [0.15, 0.2) is 0 Å². The van der Waals surface area contributed by atoms with Crippen molar-refractivity contribution >= 4 is 23.2 Å². The molecule has 5 heteroatoms. The van der Waals surface area contributed by atoms with Crippen molar-refractivity contribution < 1.29 is 9.59 Å². The van der Waals surface area contributed by atoms with E-state index in [-0.39, 0.29) is 11.8 Å². The molecule has 2 heterocycles. The van der Waals surface area contributed by atoms with Crippen LogP contribution in [0, 0.1) is 6.92 Å². The smallest absolute Gasteiger partial charge is 0.264 e. The summed E-state index contributed by atoms with van der Waals surface area (Å²) in [5, 5.41) is 1.91. The second-order valence-corrected chi connectivity index (χ2v) is 6.76. The van der Waals surface area contributed by atoms with Gasteiger partial charge in [-0.3, -0.25) is 9.59 Å². The maximum absolute atomic E-state index is 12.4. The fraction of sp³-hybridized carbons (Fsp3) is 0.333. The SMILES string of the molecule is Cc1cccc(CC(=O)N2CCN(C(=O)c3cccs3)CC2)c1. The monoisotopic (exact) mass is 328 g/mol. The van der Waals surface area contributed by atoms with E-state index in [0.717, 1.165) is 10.4 Å². The summed E-state index contributed by atoms with van der Waals surface area (Å²) in [4.78, 5) is 29.2. The third-order valence-electron chi connectivity index (χ3n) is 4.09. The second-order valence-electron chi connectivity index (χ2n) is 5.82. The third kappa shape index (κ3) is 3.79. The lowest BCUT2D eigenvalue weighted by Gasteiger charge is -2.34. The number of aryl methyl sites for hydroxylation is 1. The van der Waals surface area contributed by atoms with Crippen LogP contribution in [0.3, 0.4) is 0 Å². The van der Waals surface area contributed by atoms with Crippen LogP contribution in [-0.2, 0) is 11.2 Å². The van der Waals surface area contributed by atoms with Crippen LogP contribution in [0.5, 0.6) is 0 Å². The molecule has 1 aromatic carbocycles. The molecule has 0 aliphatic carbocycles. The topological polar surface area (TPSA) is 40.6 Å². The normalized spacial score (nSPS) is 14.8. The zero-order chi connectivity index (χ0) is 16.2. The van der Waals surface area contributed by atoms with Gasteiger partial charge in [0.05, 0.1) is 11.3 Å². The summed E-state index contributed by atoms with van der Waals surface area (Å²) in [6.45, 7) is 4.47. The number of carbonyl (C=O) groups is 2. The van der Waals surface area contributed by atoms with Gasteiger partial charge in [-0.1, -0.05) is 35.9 Å². The summed E-state index contributed by atoms with van der Waals surface area (Å²) >= 11 is 1.46. The molecule has 1 aromatic heterocycles. The second kappa shape index (κ2) is 6.96. The van der Waals surface area contributed by atoms with Crippen molar-refractivity contribution in [1.29, 1.82) is 0 Å². The molecule has 0 spiro atoms. The van der Waals surface area contributed by atoms with Crippen molar-refractivity contribution in [2.24, 2.45) is 0 Å². The van der Waals surface area contributed by atoms with Crippen LogP contribution >= 0.6 is 11.3 Å². The maximum atomic E-state index is 12.4. The number of nitrogens with zero attached hydrogens (tertiary/aromatic N) is 2. The summed E-state index contributed by atoms with van der Waals surface area (Å²) in [5.41, 5.74) is 2.22. The third-order valence-corrected chi connectivity index (χ3v) is 4.95. The zero-order valence-electron chi connectivity index (χ0n) is 13.2. The van der Waals surface area contributed by atoms with Crippen LogP contribution in [0.2, 0.25) is 0 Å². The van der Waals surface area contributed by atoms with Crippen molar-refractivity contribution in [3.05, 3.63) is 57.8 Å². The number of amides is 2. The zero-order valence-corrected chi connectivity index (χ0v) is 14.0. The van der Waals surface area contributed by atoms with Crippen molar-refractivity contribution in [2.75, 3.05) is 26.2 Å². The van der Waals surface area contributed by atoms with Gasteiger partial charge >= 0.3 is 0 Å². The Morgan fingerprint density at radius 2 is 1.78 bits per heavy atom. The van der Waals surface area contributed by atoms with E-state index in [1.54, 1.807) is 0 Å². The highest BCUT2D eigenvalue weighted by Gasteiger charge is 2.25. The molecular weight excluding hydrogens is 308 g/mol. The lowest BCUT2D eigenvalue weighted by Crippen LogP contribution is -2.50. The van der Waals surface area contributed by atoms with Crippen LogP contribution in [-0.4, -0.2) is 47.8 Å². The van der Waals surface area contributed by atoms with E-state index in [2.05, 4.69) is 6.07 Å². The molecule has 1 saturated heterocycles. The van der Waals surface area contributed by atoms with Crippen LogP contribution < -0.4 is 0 Å². The summed E-state index contributed by atoms with van der Waals surface area (Å²) in [7, 11) is 0. The molecule has 1 aliphatic rings. The van der Waals surface area contributed by atoms with Gasteiger partial charge < -0.3 is 9.80 Å². The molecule has 2 amide bonds. The molecular formula is C18H20N2O2S. The first-order valence-electron chi connectivity index (χ1n) is 7.79. The van der Waals surface area contributed by atoms with E-state index in [0.29, 0.717) is 32.6 Å². The average molecular weight is 328 g/mol. The van der Waals surface area contributed by atoms with Crippen molar-refractivity contribution in [2.45, 2.75) is 13.3 Å². The van der Waals surface area contributed by atoms with E-state index in [9.17, 15) is 9.59 Å². The highest BCUT2D eigenvalue weighted by molar-refractivity contribution is 7.12. The van der Waals surface area contributed by atoms with Gasteiger partial charge in [0.1, 0.15) is 0 Å². The minimum atomic E-state index is 0.0748. The molecule has 23 heavy (non-hydrogen) atoms. The Balaban J connectivity index is 1.54. The molecule has 0 N–H and O–H groups in total. The largest absolute Gasteiger partial charge is 0.339 e. The number of benzene rings is 1. The molecule has 0 saturated carbocycles. The lowest BCUT2D eigenvalue weighted by atomic mass is 10.1. The first-order valence-corrected chi connectivity index (χ1v) is 8.67. The van der Waals surface area contributed by atoms with E-state index in [1.165, 1.54) is 16.9 Å². The van der Waals surface area contributed by atoms with Crippen molar-refractivity contribution in [1.82, 2.24) is 9.80 Å². The Labute approximate surface area is 140 Å². The maximum Gasteiger partial charge on any atom is 0.264 e. The fourth-order valence-corrected chi connectivity index (χ4v) is 3.51. The number of thiophene rings is 1. The Hall–Kier alpha value is -2.14. The fourth-order valence-electron chi connectivity index (χ4n) is 2.82. The van der Waals surface area contributed by atoms with Gasteiger partial charge in [-0.05, 0) is 23.9 Å². The number of hydrogen-bond acceptors (Lipinski definition) is 3. The molecule has 3 rings (SSSR count). The Kier molecular flexibility index (Phi) is 4.76. The molecule has 120 valence electrons. The van der Waals surface area contributed by atoms with Gasteiger partial charge in [0, 0.05) is 26.2 Å². The van der Waals surface area contributed by atoms with Gasteiger partial charge in [0.2, 0.25) is 5.91 Å². The van der Waals surface area contributed by atoms with E-state index < -0.39 is 0 Å². The molecule has 0 unspecified atom stereocenters. The first-order chi connectivity index (χ1) is 11.1. The van der Waals surface area contributed by atoms with Gasteiger partial charge in [-0.15, -0.1) is 11.3 Å². The molecule has 4 nitrogen and oxygen atoms in total. The molecule has 1 fully saturated rings. The molecule has 0 bridgehead atoms. The number of rotatable bonds is 3. The first kappa shape index (κ1) is 15.7. The van der Waals surface area contributed by atoms with E-state index in [1.807, 2.05) is 52.4 Å². The average Bonchev–Trinajstić information content (AvgIpc) is 3.09. The number of piperazine rings is 1. The molecule has 0 radical (unpaired) electrons. The van der Waals surface area contributed by atoms with Gasteiger partial charge in [-0.25, -0.2) is 0 Å². The number of carbonyl (C=O) groups excluding carboxylic acids is 2. The van der Waals surface area contributed by atoms with Crippen LogP contribution in [0.25, 0.3) is 0 Å². The standard InChI is InChI=1S/C18H20N2O2S/c1-14-4-2-5-15(12-14)13-17(21)19-7-9-20(10-8-19)18(22)16-6-3-11-23-16/h2-6,11-12H,7-10,13H2,1H3. The lowest BCUT2D eigenvalue weighted by molar-refractivity contribution is -0.131. The summed E-state index contributed by atoms with van der Waals surface area (Å²) in [5.74, 6) is 0.213. The highest BCUT2D eigenvalue weighted by Crippen LogP contribution is 2.14. The predicted octanol–water partition coefficient (Wildman–Crippen LogP) is 2.58. The molecule has 0 atom stereocenters. The van der Waals surface area contributed by atoms with Gasteiger partial charge in [0.25, 0.3) is 5.91 Å². The Bertz CT molecular complexity index is 689. The minimum Gasteiger partial charge on any atom is -0.339 e. The summed E-state index contributed by atoms with van der Waals surface area (Å²) in [6, 6.07) is 11.8. The van der Waals surface area contributed by atoms with E-state index >= 15 is 0 Å². The van der Waals surface area contributed by atoms with Crippen LogP contribution in [0.4, 0.5) is 0 Å². The highest BCUT2D eigenvalue weighted by atomic mass is 32.1. The summed E-state index contributed by atoms with van der Waals surface area (Å²) < 4.78 is 0. The van der Waals surface area contributed by atoms with Crippen LogP contribution in [0.15, 0.2) is 41.8 Å². The Morgan fingerprint density at radius 3 is 2.43 bits per heavy atom. The molecule has 2 aromatic rings. The Morgan fingerprint density at radius 1 is 1.04 bits per heavy atom. The predicted molar refractivity (Wildman–Crippen MR) is 91.7 cm³/mol. The van der Waals surface area contributed by atoms with Crippen molar-refractivity contribution in [3.8, 4) is 0 Å². The number of hydrogen-bond donors (Lipinski definition) is 0. The van der Waals surface area contributed by atoms with E-state index in [4.69, 9.17) is 0 Å². The quantitative estimate of drug-likeness (QED) is 0.869. The van der Waals surface area contributed by atoms with Crippen molar-refractivity contribution in [3.63, 3.8) is 0 Å².